The molecule has 1 saturated heterocycles. The normalized spacial score (nSPS) is 21.5. The second-order valence-electron chi connectivity index (χ2n) is 5.64. The van der Waals surface area contributed by atoms with Gasteiger partial charge in [-0.25, -0.2) is 0 Å². The third kappa shape index (κ3) is 2.19. The highest BCUT2D eigenvalue weighted by Gasteiger charge is 2.25. The van der Waals surface area contributed by atoms with Crippen molar-refractivity contribution in [3.63, 3.8) is 0 Å². The number of aromatic nitrogens is 1. The molecule has 1 atom stereocenters. The summed E-state index contributed by atoms with van der Waals surface area (Å²) >= 11 is 0. The van der Waals surface area contributed by atoms with Gasteiger partial charge >= 0.3 is 0 Å². The van der Waals surface area contributed by atoms with Crippen LogP contribution in [0.5, 0.6) is 0 Å². The zero-order valence-electron chi connectivity index (χ0n) is 10.4. The Kier molecular flexibility index (Phi) is 2.89. The Balaban J connectivity index is 2.34. The van der Waals surface area contributed by atoms with Crippen LogP contribution < -0.4 is 10.6 Å². The maximum absolute atomic E-state index is 5.96. The van der Waals surface area contributed by atoms with Gasteiger partial charge in [0.2, 0.25) is 0 Å². The molecular weight excluding hydrogens is 198 g/mol. The molecule has 0 saturated carbocycles. The van der Waals surface area contributed by atoms with E-state index >= 15 is 0 Å². The summed E-state index contributed by atoms with van der Waals surface area (Å²) in [6, 6.07) is 2.43. The third-order valence-corrected chi connectivity index (χ3v) is 3.17. The summed E-state index contributed by atoms with van der Waals surface area (Å²) in [5.74, 6) is 0. The van der Waals surface area contributed by atoms with E-state index in [4.69, 9.17) is 5.73 Å². The third-order valence-electron chi connectivity index (χ3n) is 3.17. The van der Waals surface area contributed by atoms with Gasteiger partial charge in [-0.15, -0.1) is 0 Å². The van der Waals surface area contributed by atoms with Gasteiger partial charge in [0.05, 0.1) is 0 Å². The Morgan fingerprint density at radius 2 is 2.19 bits per heavy atom. The SMILES string of the molecule is CC(C)(C)c1cnccc1N1CC[C@@H](N)C1. The van der Waals surface area contributed by atoms with Crippen LogP contribution >= 0.6 is 0 Å². The van der Waals surface area contributed by atoms with Gasteiger partial charge in [-0.3, -0.25) is 4.98 Å². The monoisotopic (exact) mass is 219 g/mol. The molecule has 2 N–H and O–H groups in total. The van der Waals surface area contributed by atoms with E-state index in [9.17, 15) is 0 Å². The lowest BCUT2D eigenvalue weighted by molar-refractivity contribution is 0.585. The average molecular weight is 219 g/mol. The number of rotatable bonds is 1. The lowest BCUT2D eigenvalue weighted by Crippen LogP contribution is -2.28. The first-order valence-corrected chi connectivity index (χ1v) is 5.93. The van der Waals surface area contributed by atoms with Gasteiger partial charge in [0, 0.05) is 37.2 Å². The fourth-order valence-electron chi connectivity index (χ4n) is 2.25. The van der Waals surface area contributed by atoms with Crippen molar-refractivity contribution in [3.05, 3.63) is 24.0 Å². The molecule has 0 aromatic carbocycles. The highest BCUT2D eigenvalue weighted by Crippen LogP contribution is 2.32. The predicted octanol–water partition coefficient (Wildman–Crippen LogP) is 1.92. The van der Waals surface area contributed by atoms with E-state index in [1.165, 1.54) is 11.3 Å². The zero-order chi connectivity index (χ0) is 11.8. The van der Waals surface area contributed by atoms with Gasteiger partial charge < -0.3 is 10.6 Å². The summed E-state index contributed by atoms with van der Waals surface area (Å²) < 4.78 is 0. The molecule has 1 fully saturated rings. The van der Waals surface area contributed by atoms with Crippen molar-refractivity contribution in [1.29, 1.82) is 0 Å². The second-order valence-corrected chi connectivity index (χ2v) is 5.64. The molecule has 88 valence electrons. The van der Waals surface area contributed by atoms with Crippen LogP contribution in [0, 0.1) is 0 Å². The van der Waals surface area contributed by atoms with Gasteiger partial charge in [0.15, 0.2) is 0 Å². The molecular formula is C13H21N3. The number of anilines is 1. The summed E-state index contributed by atoms with van der Waals surface area (Å²) in [7, 11) is 0. The molecule has 0 bridgehead atoms. The predicted molar refractivity (Wildman–Crippen MR) is 67.7 cm³/mol. The van der Waals surface area contributed by atoms with Crippen LogP contribution in [0.2, 0.25) is 0 Å². The van der Waals surface area contributed by atoms with Gasteiger partial charge in [0.25, 0.3) is 0 Å². The lowest BCUT2D eigenvalue weighted by atomic mass is 9.87. The minimum atomic E-state index is 0.135. The Hall–Kier alpha value is -1.09. The zero-order valence-corrected chi connectivity index (χ0v) is 10.4. The smallest absolute Gasteiger partial charge is 0.0435 e. The van der Waals surface area contributed by atoms with Crippen molar-refractivity contribution in [2.45, 2.75) is 38.6 Å². The minimum absolute atomic E-state index is 0.135. The van der Waals surface area contributed by atoms with E-state index < -0.39 is 0 Å². The van der Waals surface area contributed by atoms with Gasteiger partial charge in [-0.05, 0) is 23.5 Å². The molecule has 2 rings (SSSR count). The van der Waals surface area contributed by atoms with Crippen LogP contribution in [-0.2, 0) is 5.41 Å². The second kappa shape index (κ2) is 4.06. The van der Waals surface area contributed by atoms with Crippen LogP contribution in [0.4, 0.5) is 5.69 Å². The van der Waals surface area contributed by atoms with Crippen LogP contribution in [0.3, 0.4) is 0 Å². The average Bonchev–Trinajstić information content (AvgIpc) is 2.64. The van der Waals surface area contributed by atoms with Crippen molar-refractivity contribution in [3.8, 4) is 0 Å². The Morgan fingerprint density at radius 3 is 2.75 bits per heavy atom. The number of nitrogens with zero attached hydrogens (tertiary/aromatic N) is 2. The van der Waals surface area contributed by atoms with Crippen molar-refractivity contribution in [1.82, 2.24) is 4.98 Å². The van der Waals surface area contributed by atoms with E-state index in [1.54, 1.807) is 0 Å². The number of pyridine rings is 1. The summed E-state index contributed by atoms with van der Waals surface area (Å²) in [4.78, 5) is 6.63. The molecule has 1 aliphatic rings. The molecule has 0 aliphatic carbocycles. The van der Waals surface area contributed by atoms with Crippen LogP contribution in [0.1, 0.15) is 32.8 Å². The highest BCUT2D eigenvalue weighted by molar-refractivity contribution is 5.55. The maximum atomic E-state index is 5.96. The first-order chi connectivity index (χ1) is 7.48. The summed E-state index contributed by atoms with van der Waals surface area (Å²) in [6.45, 7) is 8.71. The minimum Gasteiger partial charge on any atom is -0.370 e. The molecule has 1 aromatic rings. The summed E-state index contributed by atoms with van der Waals surface area (Å²) in [6.07, 6.45) is 4.94. The summed E-state index contributed by atoms with van der Waals surface area (Å²) in [5.41, 5.74) is 8.71. The van der Waals surface area contributed by atoms with Crippen molar-refractivity contribution in [2.75, 3.05) is 18.0 Å². The van der Waals surface area contributed by atoms with Gasteiger partial charge in [-0.1, -0.05) is 20.8 Å². The molecule has 2 heterocycles. The first kappa shape index (κ1) is 11.4. The molecule has 16 heavy (non-hydrogen) atoms. The number of hydrogen-bond donors (Lipinski definition) is 1. The fourth-order valence-corrected chi connectivity index (χ4v) is 2.25. The van der Waals surface area contributed by atoms with E-state index in [0.29, 0.717) is 6.04 Å². The molecule has 0 unspecified atom stereocenters. The summed E-state index contributed by atoms with van der Waals surface area (Å²) in [5, 5.41) is 0. The van der Waals surface area contributed by atoms with E-state index in [-0.39, 0.29) is 5.41 Å². The van der Waals surface area contributed by atoms with Crippen LogP contribution in [0.25, 0.3) is 0 Å². The van der Waals surface area contributed by atoms with Crippen LogP contribution in [-0.4, -0.2) is 24.1 Å². The first-order valence-electron chi connectivity index (χ1n) is 5.93. The Labute approximate surface area is 97.7 Å². The van der Waals surface area contributed by atoms with Crippen molar-refractivity contribution in [2.24, 2.45) is 5.73 Å². The fraction of sp³-hybridized carbons (Fsp3) is 0.615. The molecule has 0 radical (unpaired) electrons. The highest BCUT2D eigenvalue weighted by atomic mass is 15.2. The molecule has 0 spiro atoms. The molecule has 3 nitrogen and oxygen atoms in total. The number of hydrogen-bond acceptors (Lipinski definition) is 3. The van der Waals surface area contributed by atoms with Crippen molar-refractivity contribution >= 4 is 5.69 Å². The van der Waals surface area contributed by atoms with Crippen LogP contribution in [0.15, 0.2) is 18.5 Å². The standard InChI is InChI=1S/C13H21N3/c1-13(2,3)11-8-15-6-4-12(11)16-7-5-10(14)9-16/h4,6,8,10H,5,7,9,14H2,1-3H3/t10-/m1/s1. The van der Waals surface area contributed by atoms with E-state index in [2.05, 4.69) is 36.7 Å². The molecule has 0 amide bonds. The Bertz CT molecular complexity index is 368. The Morgan fingerprint density at radius 1 is 1.44 bits per heavy atom. The quantitative estimate of drug-likeness (QED) is 0.784. The van der Waals surface area contributed by atoms with E-state index in [1.807, 2.05) is 12.4 Å². The van der Waals surface area contributed by atoms with Crippen molar-refractivity contribution < 1.29 is 0 Å². The van der Waals surface area contributed by atoms with E-state index in [0.717, 1.165) is 19.5 Å². The molecule has 1 aliphatic heterocycles. The van der Waals surface area contributed by atoms with Gasteiger partial charge in [0.1, 0.15) is 0 Å². The lowest BCUT2D eigenvalue weighted by Gasteiger charge is -2.28. The largest absolute Gasteiger partial charge is 0.370 e. The molecule has 1 aromatic heterocycles. The number of nitrogens with two attached hydrogens (primary N) is 1. The topological polar surface area (TPSA) is 42.2 Å². The van der Waals surface area contributed by atoms with Gasteiger partial charge in [-0.2, -0.15) is 0 Å². The maximum Gasteiger partial charge on any atom is 0.0435 e. The molecule has 3 heteroatoms.